The summed E-state index contributed by atoms with van der Waals surface area (Å²) in [5.74, 6) is -1.22. The Hall–Kier alpha value is -3.09. The number of nitrogens with one attached hydrogen (secondary N) is 3. The van der Waals surface area contributed by atoms with Gasteiger partial charge in [-0.05, 0) is 43.3 Å². The highest BCUT2D eigenvalue weighted by atomic mass is 16.5. The first kappa shape index (κ1) is 16.3. The lowest BCUT2D eigenvalue weighted by Crippen LogP contribution is -2.30. The van der Waals surface area contributed by atoms with Gasteiger partial charge in [0.05, 0.1) is 0 Å². The molecule has 0 saturated carbocycles. The molecule has 3 N–H and O–H groups in total. The average molecular weight is 315 g/mol. The third-order valence-electron chi connectivity index (χ3n) is 2.94. The molecule has 23 heavy (non-hydrogen) atoms. The van der Waals surface area contributed by atoms with Crippen LogP contribution in [-0.4, -0.2) is 28.9 Å². The lowest BCUT2D eigenvalue weighted by molar-refractivity contribution is -0.123. The summed E-state index contributed by atoms with van der Waals surface area (Å²) >= 11 is 0. The van der Waals surface area contributed by atoms with Crippen LogP contribution in [0.4, 0.5) is 11.4 Å². The van der Waals surface area contributed by atoms with Crippen LogP contribution in [0.25, 0.3) is 0 Å². The number of benzene rings is 1. The average Bonchev–Trinajstić information content (AvgIpc) is 3.03. The Morgan fingerprint density at radius 3 is 2.17 bits per heavy atom. The van der Waals surface area contributed by atoms with Crippen LogP contribution in [-0.2, 0) is 14.3 Å². The van der Waals surface area contributed by atoms with Crippen molar-refractivity contribution < 1.29 is 19.1 Å². The van der Waals surface area contributed by atoms with E-state index in [1.165, 1.54) is 13.8 Å². The summed E-state index contributed by atoms with van der Waals surface area (Å²) in [6, 6.07) is 9.83. The molecule has 0 unspecified atom stereocenters. The molecular weight excluding hydrogens is 298 g/mol. The zero-order valence-electron chi connectivity index (χ0n) is 12.8. The second-order valence-electron chi connectivity index (χ2n) is 4.88. The Labute approximate surface area is 133 Å². The van der Waals surface area contributed by atoms with Gasteiger partial charge in [0.25, 0.3) is 5.91 Å². The first-order chi connectivity index (χ1) is 11.0. The van der Waals surface area contributed by atoms with E-state index in [1.807, 2.05) is 0 Å². The SMILES string of the molecule is CC(=O)Nc1ccc(NC(=O)[C@H](C)OC(=O)c2ccc[nH]2)cc1. The number of amides is 2. The molecule has 0 aliphatic rings. The van der Waals surface area contributed by atoms with E-state index in [0.717, 1.165) is 0 Å². The van der Waals surface area contributed by atoms with Crippen molar-refractivity contribution in [3.05, 3.63) is 48.3 Å². The zero-order chi connectivity index (χ0) is 16.8. The molecule has 0 bridgehead atoms. The molecule has 1 aromatic heterocycles. The van der Waals surface area contributed by atoms with Gasteiger partial charge in [0.15, 0.2) is 6.10 Å². The van der Waals surface area contributed by atoms with E-state index < -0.39 is 18.0 Å². The Bertz CT molecular complexity index is 693. The molecule has 0 saturated heterocycles. The Morgan fingerprint density at radius 1 is 1.04 bits per heavy atom. The minimum atomic E-state index is -0.944. The number of H-pyrrole nitrogens is 1. The minimum Gasteiger partial charge on any atom is -0.448 e. The molecule has 2 rings (SSSR count). The number of aromatic nitrogens is 1. The fraction of sp³-hybridized carbons (Fsp3) is 0.188. The second-order valence-corrected chi connectivity index (χ2v) is 4.88. The minimum absolute atomic E-state index is 0.174. The lowest BCUT2D eigenvalue weighted by atomic mass is 10.2. The number of carbonyl (C=O) groups is 3. The van der Waals surface area contributed by atoms with Crippen LogP contribution in [0.1, 0.15) is 24.3 Å². The molecule has 7 nitrogen and oxygen atoms in total. The number of ether oxygens (including phenoxy) is 1. The molecule has 1 heterocycles. The summed E-state index contributed by atoms with van der Waals surface area (Å²) in [6.45, 7) is 2.90. The number of hydrogen-bond acceptors (Lipinski definition) is 4. The van der Waals surface area contributed by atoms with Gasteiger partial charge in [-0.2, -0.15) is 0 Å². The molecule has 2 aromatic rings. The van der Waals surface area contributed by atoms with Crippen molar-refractivity contribution in [2.24, 2.45) is 0 Å². The summed E-state index contributed by atoms with van der Waals surface area (Å²) in [5.41, 5.74) is 1.44. The Morgan fingerprint density at radius 2 is 1.65 bits per heavy atom. The van der Waals surface area contributed by atoms with E-state index in [9.17, 15) is 14.4 Å². The largest absolute Gasteiger partial charge is 0.448 e. The number of rotatable bonds is 5. The number of carbonyl (C=O) groups excluding carboxylic acids is 3. The number of anilines is 2. The predicted molar refractivity (Wildman–Crippen MR) is 85.0 cm³/mol. The van der Waals surface area contributed by atoms with Crippen molar-refractivity contribution >= 4 is 29.2 Å². The fourth-order valence-corrected chi connectivity index (χ4v) is 1.82. The molecule has 0 aliphatic heterocycles. The number of hydrogen-bond donors (Lipinski definition) is 3. The van der Waals surface area contributed by atoms with Crippen molar-refractivity contribution in [3.8, 4) is 0 Å². The maximum Gasteiger partial charge on any atom is 0.355 e. The van der Waals surface area contributed by atoms with Gasteiger partial charge in [0.2, 0.25) is 5.91 Å². The number of aromatic amines is 1. The number of esters is 1. The molecular formula is C16H17N3O4. The normalized spacial score (nSPS) is 11.4. The fourth-order valence-electron chi connectivity index (χ4n) is 1.82. The van der Waals surface area contributed by atoms with Crippen LogP contribution in [0, 0.1) is 0 Å². The summed E-state index contributed by atoms with van der Waals surface area (Å²) in [5, 5.41) is 5.26. The summed E-state index contributed by atoms with van der Waals surface area (Å²) in [6.07, 6.45) is 0.652. The van der Waals surface area contributed by atoms with Gasteiger partial charge in [-0.15, -0.1) is 0 Å². The summed E-state index contributed by atoms with van der Waals surface area (Å²) in [7, 11) is 0. The van der Waals surface area contributed by atoms with Gasteiger partial charge in [-0.1, -0.05) is 0 Å². The van der Waals surface area contributed by atoms with E-state index in [1.54, 1.807) is 42.6 Å². The van der Waals surface area contributed by atoms with Gasteiger partial charge in [0, 0.05) is 24.5 Å². The smallest absolute Gasteiger partial charge is 0.355 e. The van der Waals surface area contributed by atoms with E-state index in [0.29, 0.717) is 11.4 Å². The van der Waals surface area contributed by atoms with Gasteiger partial charge in [0.1, 0.15) is 5.69 Å². The van der Waals surface area contributed by atoms with Crippen molar-refractivity contribution in [1.29, 1.82) is 0 Å². The Balaban J connectivity index is 1.90. The molecule has 0 aliphatic carbocycles. The quantitative estimate of drug-likeness (QED) is 0.736. The standard InChI is InChI=1S/C16H17N3O4/c1-10(23-16(22)14-4-3-9-17-14)15(21)19-13-7-5-12(6-8-13)18-11(2)20/h3-10,17H,1-2H3,(H,18,20)(H,19,21)/t10-/m0/s1. The van der Waals surface area contributed by atoms with E-state index in [2.05, 4.69) is 15.6 Å². The topological polar surface area (TPSA) is 100 Å². The van der Waals surface area contributed by atoms with Crippen LogP contribution in [0.2, 0.25) is 0 Å². The van der Waals surface area contributed by atoms with Crippen molar-refractivity contribution in [2.75, 3.05) is 10.6 Å². The van der Waals surface area contributed by atoms with Crippen LogP contribution in [0.5, 0.6) is 0 Å². The van der Waals surface area contributed by atoms with E-state index >= 15 is 0 Å². The van der Waals surface area contributed by atoms with Gasteiger partial charge >= 0.3 is 5.97 Å². The monoisotopic (exact) mass is 315 g/mol. The second kappa shape index (κ2) is 7.26. The molecule has 0 radical (unpaired) electrons. The molecule has 1 aromatic carbocycles. The van der Waals surface area contributed by atoms with Crippen LogP contribution < -0.4 is 10.6 Å². The molecule has 1 atom stereocenters. The molecule has 7 heteroatoms. The van der Waals surface area contributed by atoms with Gasteiger partial charge < -0.3 is 20.4 Å². The first-order valence-corrected chi connectivity index (χ1v) is 6.98. The zero-order valence-corrected chi connectivity index (χ0v) is 12.8. The highest BCUT2D eigenvalue weighted by Gasteiger charge is 2.19. The highest BCUT2D eigenvalue weighted by molar-refractivity contribution is 5.97. The summed E-state index contributed by atoms with van der Waals surface area (Å²) in [4.78, 5) is 37.4. The van der Waals surface area contributed by atoms with Crippen molar-refractivity contribution in [2.45, 2.75) is 20.0 Å². The van der Waals surface area contributed by atoms with Crippen molar-refractivity contribution in [3.63, 3.8) is 0 Å². The van der Waals surface area contributed by atoms with Crippen LogP contribution in [0.15, 0.2) is 42.6 Å². The first-order valence-electron chi connectivity index (χ1n) is 6.98. The van der Waals surface area contributed by atoms with E-state index in [-0.39, 0.29) is 11.6 Å². The maximum atomic E-state index is 12.0. The lowest BCUT2D eigenvalue weighted by Gasteiger charge is -2.13. The highest BCUT2D eigenvalue weighted by Crippen LogP contribution is 2.14. The predicted octanol–water partition coefficient (Wildman–Crippen LogP) is 2.16. The van der Waals surface area contributed by atoms with Crippen molar-refractivity contribution in [1.82, 2.24) is 4.98 Å². The van der Waals surface area contributed by atoms with Gasteiger partial charge in [-0.3, -0.25) is 9.59 Å². The molecule has 2 amide bonds. The third-order valence-corrected chi connectivity index (χ3v) is 2.94. The van der Waals surface area contributed by atoms with Gasteiger partial charge in [-0.25, -0.2) is 4.79 Å². The van der Waals surface area contributed by atoms with Crippen LogP contribution >= 0.6 is 0 Å². The van der Waals surface area contributed by atoms with E-state index in [4.69, 9.17) is 4.74 Å². The molecule has 120 valence electrons. The summed E-state index contributed by atoms with van der Waals surface area (Å²) < 4.78 is 5.07. The molecule has 0 fully saturated rings. The Kier molecular flexibility index (Phi) is 5.14. The van der Waals surface area contributed by atoms with Crippen LogP contribution in [0.3, 0.4) is 0 Å². The molecule has 0 spiro atoms. The maximum absolute atomic E-state index is 12.0. The third kappa shape index (κ3) is 4.70.